The molecule has 0 aliphatic rings. The maximum Gasteiger partial charge on any atom is 0.350 e. The van der Waals surface area contributed by atoms with Gasteiger partial charge in [-0.3, -0.25) is 19.1 Å². The van der Waals surface area contributed by atoms with Crippen molar-refractivity contribution in [3.05, 3.63) is 32.6 Å². The second-order valence-electron chi connectivity index (χ2n) is 4.30. The van der Waals surface area contributed by atoms with Crippen LogP contribution in [0.2, 0.25) is 0 Å². The van der Waals surface area contributed by atoms with Gasteiger partial charge in [-0.25, -0.2) is 9.36 Å². The average Bonchev–Trinajstić information content (AvgIpc) is 2.37. The summed E-state index contributed by atoms with van der Waals surface area (Å²) in [7, 11) is -4.43. The molecule has 4 N–H and O–H groups in total. The normalized spacial score (nSPS) is 12.5. The first-order chi connectivity index (χ1) is 9.64. The van der Waals surface area contributed by atoms with Gasteiger partial charge in [-0.05, 0) is 6.92 Å². The molecule has 1 radical (unpaired) electrons. The monoisotopic (exact) mass is 345 g/mol. The van der Waals surface area contributed by atoms with Gasteiger partial charge < -0.3 is 19.6 Å². The summed E-state index contributed by atoms with van der Waals surface area (Å²) in [5, 5.41) is 9.01. The van der Waals surface area contributed by atoms with Gasteiger partial charge in [0.25, 0.3) is 5.56 Å². The van der Waals surface area contributed by atoms with E-state index in [0.717, 1.165) is 6.20 Å². The Morgan fingerprint density at radius 3 is 2.55 bits per heavy atom. The molecule has 0 aliphatic heterocycles. The van der Waals surface area contributed by atoms with E-state index < -0.39 is 50.2 Å². The summed E-state index contributed by atoms with van der Waals surface area (Å²) in [6, 6.07) is 0. The van der Waals surface area contributed by atoms with Gasteiger partial charge in [-0.1, -0.05) is 0 Å². The van der Waals surface area contributed by atoms with Crippen LogP contribution < -0.4 is 11.2 Å². The van der Waals surface area contributed by atoms with Crippen molar-refractivity contribution >= 4 is 43.1 Å². The molecule has 0 saturated heterocycles. The van der Waals surface area contributed by atoms with Crippen LogP contribution >= 0.6 is 7.60 Å². The molecule has 1 rings (SSSR count). The Balaban J connectivity index is 0.00000441. The van der Waals surface area contributed by atoms with E-state index in [1.807, 2.05) is 4.98 Å². The van der Waals surface area contributed by atoms with E-state index in [1.165, 1.54) is 6.92 Å². The summed E-state index contributed by atoms with van der Waals surface area (Å²) in [5.41, 5.74) is -1.43. The number of nitrogens with zero attached hydrogens (tertiary/aromatic N) is 1. The number of rotatable bonds is 6. The smallest absolute Gasteiger partial charge is 0.350 e. The fraction of sp³-hybridized carbons (Fsp3) is 0.500. The van der Waals surface area contributed by atoms with Crippen LogP contribution in [0.1, 0.15) is 16.8 Å². The van der Waals surface area contributed by atoms with Crippen molar-refractivity contribution in [3.63, 3.8) is 0 Å². The van der Waals surface area contributed by atoms with Gasteiger partial charge in [0.1, 0.15) is 6.35 Å². The minimum absolute atomic E-state index is 0. The van der Waals surface area contributed by atoms with Crippen molar-refractivity contribution in [3.8, 4) is 0 Å². The molecule has 1 heterocycles. The number of H-pyrrole nitrogens is 1. The molecular weight excluding hydrogens is 330 g/mol. The first-order valence-corrected chi connectivity index (χ1v) is 7.56. The number of hydrogen-bond acceptors (Lipinski definition) is 6. The molecular formula is C10H15N2NaO8P. The van der Waals surface area contributed by atoms with Gasteiger partial charge in [0.05, 0.1) is 19.1 Å². The third-order valence-corrected chi connectivity index (χ3v) is 2.96. The summed E-state index contributed by atoms with van der Waals surface area (Å²) in [5.74, 6) is -0.788. The Labute approximate surface area is 146 Å². The molecule has 119 valence electrons. The van der Waals surface area contributed by atoms with Crippen LogP contribution in [0.4, 0.5) is 0 Å². The van der Waals surface area contributed by atoms with Crippen LogP contribution in [0.25, 0.3) is 0 Å². The summed E-state index contributed by atoms with van der Waals surface area (Å²) in [6.45, 7) is 0.735. The van der Waals surface area contributed by atoms with Gasteiger partial charge in [-0.2, -0.15) is 0 Å². The van der Waals surface area contributed by atoms with Crippen LogP contribution in [0, 0.1) is 6.92 Å². The van der Waals surface area contributed by atoms with E-state index >= 15 is 0 Å². The molecule has 0 spiro atoms. The Morgan fingerprint density at radius 1 is 1.45 bits per heavy atom. The van der Waals surface area contributed by atoms with E-state index in [0.29, 0.717) is 4.57 Å². The maximum absolute atomic E-state index is 11.9. The summed E-state index contributed by atoms with van der Waals surface area (Å²) in [4.78, 5) is 53.8. The molecule has 0 fully saturated rings. The Hall–Kier alpha value is -0.580. The number of aromatic nitrogens is 2. The summed E-state index contributed by atoms with van der Waals surface area (Å²) < 4.78 is 16.0. The van der Waals surface area contributed by atoms with Gasteiger partial charge >= 0.3 is 13.3 Å². The largest absolute Gasteiger partial charge is 0.394 e. The number of aryl methyl sites for hydroxylation is 1. The van der Waals surface area contributed by atoms with Crippen LogP contribution in [-0.2, 0) is 9.30 Å². The minimum atomic E-state index is -4.43. The van der Waals surface area contributed by atoms with Crippen molar-refractivity contribution in [2.45, 2.75) is 19.4 Å². The van der Waals surface area contributed by atoms with Crippen molar-refractivity contribution < 1.29 is 29.0 Å². The van der Waals surface area contributed by atoms with Gasteiger partial charge in [0.2, 0.25) is 5.91 Å². The molecule has 0 aliphatic carbocycles. The molecule has 12 heteroatoms. The Bertz CT molecular complexity index is 678. The van der Waals surface area contributed by atoms with E-state index in [9.17, 15) is 18.9 Å². The summed E-state index contributed by atoms with van der Waals surface area (Å²) >= 11 is 0. The Kier molecular flexibility index (Phi) is 8.66. The second-order valence-corrected chi connectivity index (χ2v) is 5.89. The van der Waals surface area contributed by atoms with Crippen LogP contribution in [0.5, 0.6) is 0 Å². The number of hydrogen-bond donors (Lipinski definition) is 4. The first-order valence-electron chi connectivity index (χ1n) is 5.77. The molecule has 10 nitrogen and oxygen atoms in total. The van der Waals surface area contributed by atoms with Crippen LogP contribution in [-0.4, -0.2) is 79.0 Å². The van der Waals surface area contributed by atoms with Crippen molar-refractivity contribution in [1.29, 1.82) is 0 Å². The van der Waals surface area contributed by atoms with E-state index in [-0.39, 0.29) is 35.1 Å². The first kappa shape index (κ1) is 21.4. The standard InChI is InChI=1S/C10H15N2O8P.Na/c1-6-3-12(10(16)11-9(6)15)8(14)2-7(4-13)20-5-21(17,18)19;/h3,7,13H,2,4-5H2,1H3,(H,11,15,16)(H2,17,18,19);/t7-;/m1./s1. The topological polar surface area (TPSA) is 159 Å². The number of carbonyl (C=O) groups is 1. The fourth-order valence-corrected chi connectivity index (χ4v) is 1.83. The molecule has 1 aromatic rings. The molecule has 22 heavy (non-hydrogen) atoms. The van der Waals surface area contributed by atoms with Crippen molar-refractivity contribution in [2.24, 2.45) is 0 Å². The average molecular weight is 345 g/mol. The third-order valence-electron chi connectivity index (χ3n) is 2.47. The van der Waals surface area contributed by atoms with E-state index in [1.54, 1.807) is 0 Å². The predicted octanol–water partition coefficient (Wildman–Crippen LogP) is -1.99. The molecule has 0 aromatic carbocycles. The third kappa shape index (κ3) is 6.67. The number of aliphatic hydroxyl groups excluding tert-OH is 1. The number of ether oxygens (including phenoxy) is 1. The second kappa shape index (κ2) is 8.90. The molecule has 1 aromatic heterocycles. The minimum Gasteiger partial charge on any atom is -0.394 e. The summed E-state index contributed by atoms with van der Waals surface area (Å²) in [6.07, 6.45) is -1.57. The number of carbonyl (C=O) groups excluding carboxylic acids is 1. The molecule has 0 bridgehead atoms. The van der Waals surface area contributed by atoms with Crippen LogP contribution in [0.3, 0.4) is 0 Å². The van der Waals surface area contributed by atoms with Gasteiger partial charge in [0, 0.05) is 41.3 Å². The van der Waals surface area contributed by atoms with E-state index in [4.69, 9.17) is 19.6 Å². The zero-order valence-corrected chi connectivity index (χ0v) is 14.9. The number of nitrogens with one attached hydrogen (secondary N) is 1. The molecule has 1 atom stereocenters. The number of aromatic amines is 1. The van der Waals surface area contributed by atoms with E-state index in [2.05, 4.69) is 0 Å². The van der Waals surface area contributed by atoms with Crippen molar-refractivity contribution in [1.82, 2.24) is 9.55 Å². The fourth-order valence-electron chi connectivity index (χ4n) is 1.42. The van der Waals surface area contributed by atoms with Gasteiger partial charge in [-0.15, -0.1) is 0 Å². The van der Waals surface area contributed by atoms with Crippen molar-refractivity contribution in [2.75, 3.05) is 13.0 Å². The van der Waals surface area contributed by atoms with Crippen LogP contribution in [0.15, 0.2) is 15.8 Å². The quantitative estimate of drug-likeness (QED) is 0.340. The molecule has 0 saturated carbocycles. The zero-order valence-electron chi connectivity index (χ0n) is 12.1. The molecule has 0 amide bonds. The maximum atomic E-state index is 11.9. The SMILES string of the molecule is Cc1cn(C(=O)C[C@H](CO)OCP(=O)(O)O)c(=O)[nH]c1=O.[Na]. The zero-order chi connectivity index (χ0) is 16.2. The van der Waals surface area contributed by atoms with Gasteiger partial charge in [0.15, 0.2) is 0 Å². The Morgan fingerprint density at radius 2 is 2.05 bits per heavy atom. The predicted molar refractivity (Wildman–Crippen MR) is 75.9 cm³/mol. The molecule has 0 unspecified atom stereocenters. The number of aliphatic hydroxyl groups is 1.